The van der Waals surface area contributed by atoms with Crippen molar-refractivity contribution in [2.24, 2.45) is 9.98 Å². The zero-order valence-electron chi connectivity index (χ0n) is 39.0. The third-order valence-electron chi connectivity index (χ3n) is 12.0. The van der Waals surface area contributed by atoms with Crippen molar-refractivity contribution in [1.82, 2.24) is 0 Å². The molecule has 7 aromatic carbocycles. The van der Waals surface area contributed by atoms with Gasteiger partial charge in [0.2, 0.25) is 0 Å². The molecule has 0 amide bonds. The lowest BCUT2D eigenvalue weighted by Gasteiger charge is -2.22. The largest absolute Gasteiger partial charge is 0.270 e. The van der Waals surface area contributed by atoms with Crippen LogP contribution in [-0.4, -0.2) is 18.6 Å². The molecule has 0 fully saturated rings. The van der Waals surface area contributed by atoms with Crippen molar-refractivity contribution in [1.29, 1.82) is 0 Å². The van der Waals surface area contributed by atoms with Crippen LogP contribution in [0.25, 0.3) is 50.6 Å². The molecule has 65 heavy (non-hydrogen) atoms. The molecule has 0 bridgehead atoms. The van der Waals surface area contributed by atoms with E-state index < -0.39 is 0 Å². The molecule has 0 saturated heterocycles. The van der Waals surface area contributed by atoms with Gasteiger partial charge in [0.15, 0.2) is 5.84 Å². The Morgan fingerprint density at radius 3 is 1.85 bits per heavy atom. The Labute approximate surface area is 388 Å². The minimum Gasteiger partial charge on any atom is -0.270 e. The number of aliphatic imine (C=N–C) groups is 2. The van der Waals surface area contributed by atoms with Crippen LogP contribution in [0.1, 0.15) is 86.3 Å². The normalized spacial score (nSPS) is 14.2. The van der Waals surface area contributed by atoms with Gasteiger partial charge in [-0.1, -0.05) is 239 Å². The molecule has 0 spiro atoms. The van der Waals surface area contributed by atoms with Gasteiger partial charge in [0.05, 0.1) is 0 Å². The standard InChI is InChI=1S/C38H34.C23H22N2.C2H6/c1-3-4-5-6-16-26-34-37(31-21-12-8-13-22-31)35(30-19-10-7-11-20-30)28-36(33-25-17-18-29(2)27-33)38(34)32-23-14-9-15-24-32;1-16(25-23(24-2)17-8-4-3-5-9-17)18-12-13-20-14-19-10-6-7-11-21(19)22(20)15-18;1-2/h5-28H,3-4H2,1-2H3;3-10,12-13,15,21H,11,14H2,1-2H3;1-2H3/b6-5-,26-16?;;. The first-order chi connectivity index (χ1) is 32.0. The molecule has 0 aromatic heterocycles. The lowest BCUT2D eigenvalue weighted by atomic mass is 9.81. The molecule has 0 aliphatic heterocycles. The minimum absolute atomic E-state index is 0.557. The van der Waals surface area contributed by atoms with Crippen molar-refractivity contribution in [3.63, 3.8) is 0 Å². The summed E-state index contributed by atoms with van der Waals surface area (Å²) < 4.78 is 0. The van der Waals surface area contributed by atoms with Crippen LogP contribution in [-0.2, 0) is 6.42 Å². The van der Waals surface area contributed by atoms with Crippen molar-refractivity contribution in [2.45, 2.75) is 66.2 Å². The number of amidine groups is 1. The summed E-state index contributed by atoms with van der Waals surface area (Å²) in [6.45, 7) is 10.5. The summed E-state index contributed by atoms with van der Waals surface area (Å²) in [6.07, 6.45) is 20.1. The Balaban J connectivity index is 0.000000202. The highest BCUT2D eigenvalue weighted by Crippen LogP contribution is 2.47. The van der Waals surface area contributed by atoms with Crippen molar-refractivity contribution >= 4 is 17.6 Å². The first-order valence-corrected chi connectivity index (χ1v) is 23.4. The first kappa shape index (κ1) is 45.9. The molecular weight excluding hydrogens is 785 g/mol. The minimum atomic E-state index is 0.557. The smallest absolute Gasteiger partial charge is 0.154 e. The average Bonchev–Trinajstić information content (AvgIpc) is 3.75. The molecule has 2 aliphatic carbocycles. The van der Waals surface area contributed by atoms with Crippen LogP contribution in [0.5, 0.6) is 0 Å². The SMILES string of the molecule is CC.CCC/C=C\C=Cc1c(-c2ccccc2)c(-c2ccccc2)cc(-c2cccc(C)c2)c1-c1ccccc1.CN=C(N=C(C)c1ccc2c(c1)C1CC=CC=C1C2)c1ccccc1. The van der Waals surface area contributed by atoms with E-state index in [1.54, 1.807) is 12.6 Å². The van der Waals surface area contributed by atoms with Crippen molar-refractivity contribution in [3.8, 4) is 44.5 Å². The monoisotopic (exact) mass is 846 g/mol. The van der Waals surface area contributed by atoms with E-state index in [1.807, 2.05) is 44.2 Å². The highest BCUT2D eigenvalue weighted by atomic mass is 14.9. The van der Waals surface area contributed by atoms with Gasteiger partial charge in [-0.15, -0.1) is 0 Å². The highest BCUT2D eigenvalue weighted by molar-refractivity contribution is 6.11. The lowest BCUT2D eigenvalue weighted by molar-refractivity contribution is 0.821. The van der Waals surface area contributed by atoms with Gasteiger partial charge in [0.1, 0.15) is 0 Å². The van der Waals surface area contributed by atoms with Gasteiger partial charge in [-0.2, -0.15) is 0 Å². The molecule has 324 valence electrons. The average molecular weight is 847 g/mol. The second-order valence-electron chi connectivity index (χ2n) is 16.3. The van der Waals surface area contributed by atoms with Crippen LogP contribution in [0.3, 0.4) is 0 Å². The van der Waals surface area contributed by atoms with Crippen molar-refractivity contribution in [3.05, 3.63) is 245 Å². The maximum atomic E-state index is 4.80. The van der Waals surface area contributed by atoms with Gasteiger partial charge < -0.3 is 0 Å². The maximum absolute atomic E-state index is 4.80. The Bertz CT molecular complexity index is 2840. The van der Waals surface area contributed by atoms with Crippen LogP contribution in [0.4, 0.5) is 0 Å². The second kappa shape index (κ2) is 23.0. The predicted octanol–water partition coefficient (Wildman–Crippen LogP) is 17.2. The quantitative estimate of drug-likeness (QED) is 0.0744. The van der Waals surface area contributed by atoms with E-state index in [0.29, 0.717) is 5.92 Å². The van der Waals surface area contributed by atoms with Gasteiger partial charge in [-0.05, 0) is 112 Å². The number of benzene rings is 7. The second-order valence-corrected chi connectivity index (χ2v) is 16.3. The number of fused-ring (bicyclic) bond motifs is 3. The molecule has 0 N–H and O–H groups in total. The van der Waals surface area contributed by atoms with E-state index >= 15 is 0 Å². The van der Waals surface area contributed by atoms with E-state index in [9.17, 15) is 0 Å². The van der Waals surface area contributed by atoms with E-state index in [4.69, 9.17) is 4.99 Å². The third-order valence-corrected chi connectivity index (χ3v) is 12.0. The summed E-state index contributed by atoms with van der Waals surface area (Å²) in [5.41, 5.74) is 20.1. The van der Waals surface area contributed by atoms with Crippen LogP contribution >= 0.6 is 0 Å². The number of nitrogens with zero attached hydrogens (tertiary/aromatic N) is 2. The van der Waals surface area contributed by atoms with Gasteiger partial charge in [0.25, 0.3) is 0 Å². The molecule has 0 radical (unpaired) electrons. The fourth-order valence-electron chi connectivity index (χ4n) is 8.84. The molecular formula is C63H62N2. The number of hydrogen-bond donors (Lipinski definition) is 0. The van der Waals surface area contributed by atoms with E-state index in [0.717, 1.165) is 42.8 Å². The van der Waals surface area contributed by atoms with E-state index in [-0.39, 0.29) is 0 Å². The highest BCUT2D eigenvalue weighted by Gasteiger charge is 2.28. The summed E-state index contributed by atoms with van der Waals surface area (Å²) in [5, 5.41) is 0. The van der Waals surface area contributed by atoms with Crippen LogP contribution in [0.2, 0.25) is 0 Å². The number of aryl methyl sites for hydroxylation is 1. The van der Waals surface area contributed by atoms with Gasteiger partial charge in [-0.3, -0.25) is 4.99 Å². The Morgan fingerprint density at radius 1 is 0.631 bits per heavy atom. The van der Waals surface area contributed by atoms with Gasteiger partial charge in [0, 0.05) is 24.2 Å². The van der Waals surface area contributed by atoms with Crippen LogP contribution < -0.4 is 0 Å². The van der Waals surface area contributed by atoms with Crippen LogP contribution in [0, 0.1) is 6.92 Å². The Morgan fingerprint density at radius 2 is 1.23 bits per heavy atom. The lowest BCUT2D eigenvalue weighted by Crippen LogP contribution is -2.05. The number of hydrogen-bond acceptors (Lipinski definition) is 1. The van der Waals surface area contributed by atoms with Crippen molar-refractivity contribution < 1.29 is 0 Å². The third kappa shape index (κ3) is 11.1. The topological polar surface area (TPSA) is 24.7 Å². The molecule has 7 aromatic rings. The molecule has 1 unspecified atom stereocenters. The molecule has 2 aliphatic rings. The van der Waals surface area contributed by atoms with Crippen molar-refractivity contribution in [2.75, 3.05) is 7.05 Å². The van der Waals surface area contributed by atoms with E-state index in [2.05, 4.69) is 208 Å². The predicted molar refractivity (Wildman–Crippen MR) is 283 cm³/mol. The number of unbranched alkanes of at least 4 members (excludes halogenated alkanes) is 1. The number of rotatable bonds is 10. The zero-order chi connectivity index (χ0) is 45.4. The fourth-order valence-corrected chi connectivity index (χ4v) is 8.84. The molecule has 1 atom stereocenters. The summed E-state index contributed by atoms with van der Waals surface area (Å²) in [5.74, 6) is 1.33. The van der Waals surface area contributed by atoms with Gasteiger partial charge >= 0.3 is 0 Å². The summed E-state index contributed by atoms with van der Waals surface area (Å²) in [4.78, 5) is 9.18. The Kier molecular flexibility index (Phi) is 16.2. The van der Waals surface area contributed by atoms with Gasteiger partial charge in [-0.25, -0.2) is 4.99 Å². The molecule has 0 saturated carbocycles. The fraction of sp³-hybridized carbons (Fsp3) is 0.175. The first-order valence-electron chi connectivity index (χ1n) is 23.4. The molecule has 9 rings (SSSR count). The molecule has 2 heteroatoms. The molecule has 0 heterocycles. The summed E-state index contributed by atoms with van der Waals surface area (Å²) in [7, 11) is 1.80. The maximum Gasteiger partial charge on any atom is 0.154 e. The summed E-state index contributed by atoms with van der Waals surface area (Å²) >= 11 is 0. The summed E-state index contributed by atoms with van der Waals surface area (Å²) in [6, 6.07) is 60.6. The zero-order valence-corrected chi connectivity index (χ0v) is 39.0. The van der Waals surface area contributed by atoms with Crippen LogP contribution in [0.15, 0.2) is 222 Å². The van der Waals surface area contributed by atoms with E-state index in [1.165, 1.54) is 72.3 Å². The number of allylic oxidation sites excluding steroid dienone is 7. The molecule has 2 nitrogen and oxygen atoms in total. The Hall–Kier alpha value is -7.16.